The number of carbonyl (C=O) groups is 1. The van der Waals surface area contributed by atoms with Crippen molar-refractivity contribution >= 4 is 18.4 Å². The fourth-order valence-electron chi connectivity index (χ4n) is 3.62. The maximum absolute atomic E-state index is 14.6. The van der Waals surface area contributed by atoms with Crippen LogP contribution in [0.1, 0.15) is 59.0 Å². The summed E-state index contributed by atoms with van der Waals surface area (Å²) in [6, 6.07) is 7.08. The van der Waals surface area contributed by atoms with E-state index < -0.39 is 17.8 Å². The molecule has 0 aliphatic heterocycles. The molecular weight excluding hydrogens is 353 g/mol. The third-order valence-corrected chi connectivity index (χ3v) is 4.89. The van der Waals surface area contributed by atoms with Crippen molar-refractivity contribution in [2.45, 2.75) is 52.0 Å². The van der Waals surface area contributed by atoms with Gasteiger partial charge in [0.15, 0.2) is 0 Å². The number of hydrogen-bond donors (Lipinski definition) is 2. The largest absolute Gasteiger partial charge is 0.481 e. The van der Waals surface area contributed by atoms with E-state index in [1.165, 1.54) is 24.0 Å². The molecule has 0 bridgehead atoms. The van der Waals surface area contributed by atoms with E-state index in [-0.39, 0.29) is 24.4 Å². The smallest absolute Gasteiger partial charge is 0.305 e. The van der Waals surface area contributed by atoms with Gasteiger partial charge in [-0.25, -0.2) is 4.39 Å². The molecule has 0 radical (unpaired) electrons. The Kier molecular flexibility index (Phi) is 6.09. The van der Waals surface area contributed by atoms with Crippen molar-refractivity contribution < 1.29 is 14.3 Å². The number of halogens is 2. The quantitative estimate of drug-likeness (QED) is 0.753. The van der Waals surface area contributed by atoms with Crippen LogP contribution in [0.4, 0.5) is 4.39 Å². The zero-order valence-corrected chi connectivity index (χ0v) is 16.1. The number of aryl methyl sites for hydroxylation is 3. The molecule has 1 aliphatic rings. The Morgan fingerprint density at radius 2 is 1.85 bits per heavy atom. The molecule has 1 saturated carbocycles. The van der Waals surface area contributed by atoms with Crippen LogP contribution in [-0.4, -0.2) is 11.1 Å². The Morgan fingerprint density at radius 3 is 2.42 bits per heavy atom. The summed E-state index contributed by atoms with van der Waals surface area (Å²) in [5.41, 5.74) is 12.5. The fourth-order valence-corrected chi connectivity index (χ4v) is 3.62. The maximum atomic E-state index is 14.6. The maximum Gasteiger partial charge on any atom is 0.305 e. The zero-order chi connectivity index (χ0) is 18.3. The first-order valence-corrected chi connectivity index (χ1v) is 8.67. The monoisotopic (exact) mass is 377 g/mol. The van der Waals surface area contributed by atoms with Gasteiger partial charge in [-0.3, -0.25) is 4.79 Å². The predicted octanol–water partition coefficient (Wildman–Crippen LogP) is 5.19. The predicted molar refractivity (Wildman–Crippen MR) is 104 cm³/mol. The normalized spacial score (nSPS) is 14.7. The van der Waals surface area contributed by atoms with Crippen LogP contribution in [0.15, 0.2) is 24.3 Å². The van der Waals surface area contributed by atoms with E-state index in [1.807, 2.05) is 6.07 Å². The summed E-state index contributed by atoms with van der Waals surface area (Å²) < 4.78 is 14.6. The van der Waals surface area contributed by atoms with Crippen LogP contribution >= 0.6 is 12.4 Å². The lowest BCUT2D eigenvalue weighted by Crippen LogP contribution is -2.17. The van der Waals surface area contributed by atoms with E-state index >= 15 is 0 Å². The van der Waals surface area contributed by atoms with Crippen LogP contribution < -0.4 is 5.73 Å². The minimum Gasteiger partial charge on any atom is -0.481 e. The first kappa shape index (κ1) is 20.4. The van der Waals surface area contributed by atoms with Gasteiger partial charge in [0.25, 0.3) is 0 Å². The molecule has 0 saturated heterocycles. The lowest BCUT2D eigenvalue weighted by Gasteiger charge is -2.19. The number of carboxylic acids is 1. The second kappa shape index (κ2) is 7.77. The molecule has 1 aliphatic carbocycles. The molecule has 0 heterocycles. The van der Waals surface area contributed by atoms with Gasteiger partial charge in [-0.15, -0.1) is 12.4 Å². The van der Waals surface area contributed by atoms with Crippen LogP contribution in [-0.2, 0) is 4.79 Å². The van der Waals surface area contributed by atoms with Gasteiger partial charge in [-0.2, -0.15) is 0 Å². The zero-order valence-electron chi connectivity index (χ0n) is 15.3. The molecule has 0 amide bonds. The van der Waals surface area contributed by atoms with Gasteiger partial charge in [-0.1, -0.05) is 17.7 Å². The summed E-state index contributed by atoms with van der Waals surface area (Å²) in [5.74, 6) is -0.870. The molecule has 0 spiro atoms. The number of aliphatic carboxylic acids is 1. The highest BCUT2D eigenvalue weighted by Gasteiger charge is 2.28. The molecule has 3 N–H and O–H groups in total. The minimum atomic E-state index is -1.03. The van der Waals surface area contributed by atoms with Crippen LogP contribution in [0.5, 0.6) is 0 Å². The average Bonchev–Trinajstić information content (AvgIpc) is 3.33. The van der Waals surface area contributed by atoms with E-state index in [1.54, 1.807) is 13.0 Å². The van der Waals surface area contributed by atoms with Crippen LogP contribution in [0, 0.1) is 26.6 Å². The lowest BCUT2D eigenvalue weighted by atomic mass is 9.88. The number of benzene rings is 2. The van der Waals surface area contributed by atoms with Gasteiger partial charge in [0.05, 0.1) is 6.42 Å². The van der Waals surface area contributed by atoms with E-state index in [2.05, 4.69) is 26.0 Å². The van der Waals surface area contributed by atoms with Gasteiger partial charge in [0.1, 0.15) is 5.82 Å². The third-order valence-electron chi connectivity index (χ3n) is 4.89. The molecule has 1 fully saturated rings. The van der Waals surface area contributed by atoms with E-state index in [4.69, 9.17) is 10.8 Å². The number of hydrogen-bond acceptors (Lipinski definition) is 2. The molecule has 0 aromatic heterocycles. The molecule has 2 aromatic rings. The Balaban J connectivity index is 0.00000243. The second-order valence-electron chi connectivity index (χ2n) is 7.22. The van der Waals surface area contributed by atoms with E-state index in [0.29, 0.717) is 11.5 Å². The molecule has 3 rings (SSSR count). The summed E-state index contributed by atoms with van der Waals surface area (Å²) >= 11 is 0. The van der Waals surface area contributed by atoms with Crippen molar-refractivity contribution in [1.82, 2.24) is 0 Å². The highest BCUT2D eigenvalue weighted by atomic mass is 35.5. The van der Waals surface area contributed by atoms with E-state index in [9.17, 15) is 9.18 Å². The first-order valence-electron chi connectivity index (χ1n) is 8.67. The molecule has 5 heteroatoms. The fraction of sp³-hybridized carbons (Fsp3) is 0.381. The number of rotatable bonds is 5. The van der Waals surface area contributed by atoms with Crippen LogP contribution in [0.2, 0.25) is 0 Å². The standard InChI is InChI=1S/C21H24FNO2.ClH/c1-11-6-12(2)20(16(7-11)14-4-5-14)15-8-13(3)21(22)17(9-15)18(23)10-19(24)25;/h6-9,14,18H,4-5,10,23H2,1-3H3,(H,24,25);1H/t18-;/m0./s1. The summed E-state index contributed by atoms with van der Waals surface area (Å²) in [5, 5.41) is 8.99. The Bertz CT molecular complexity index is 846. The van der Waals surface area contributed by atoms with Gasteiger partial charge in [0, 0.05) is 11.6 Å². The number of carboxylic acid groups (broad SMARTS) is 1. The van der Waals surface area contributed by atoms with E-state index in [0.717, 1.165) is 16.7 Å². The Labute approximate surface area is 159 Å². The molecule has 1 atom stereocenters. The van der Waals surface area contributed by atoms with Crippen molar-refractivity contribution in [1.29, 1.82) is 0 Å². The van der Waals surface area contributed by atoms with Crippen LogP contribution in [0.3, 0.4) is 0 Å². The van der Waals surface area contributed by atoms with Gasteiger partial charge in [0.2, 0.25) is 0 Å². The van der Waals surface area contributed by atoms with Crippen molar-refractivity contribution in [2.75, 3.05) is 0 Å². The Hall–Kier alpha value is -1.91. The SMILES string of the molecule is Cc1cc(C)c(-c2cc(C)c(F)c([C@@H](N)CC(=O)O)c2)c(C2CC2)c1.Cl. The van der Waals surface area contributed by atoms with Crippen molar-refractivity contribution in [2.24, 2.45) is 5.73 Å². The van der Waals surface area contributed by atoms with Crippen molar-refractivity contribution in [3.63, 3.8) is 0 Å². The molecule has 2 aromatic carbocycles. The van der Waals surface area contributed by atoms with Gasteiger partial charge in [-0.05, 0) is 79.5 Å². The molecule has 140 valence electrons. The summed E-state index contributed by atoms with van der Waals surface area (Å²) in [7, 11) is 0. The van der Waals surface area contributed by atoms with Crippen LogP contribution in [0.25, 0.3) is 11.1 Å². The summed E-state index contributed by atoms with van der Waals surface area (Å²) in [6.07, 6.45) is 2.07. The molecule has 3 nitrogen and oxygen atoms in total. The summed E-state index contributed by atoms with van der Waals surface area (Å²) in [6.45, 7) is 5.87. The highest BCUT2D eigenvalue weighted by molar-refractivity contribution is 5.85. The van der Waals surface area contributed by atoms with Gasteiger partial charge < -0.3 is 10.8 Å². The summed E-state index contributed by atoms with van der Waals surface area (Å²) in [4.78, 5) is 11.0. The Morgan fingerprint density at radius 1 is 1.19 bits per heavy atom. The average molecular weight is 378 g/mol. The number of nitrogens with two attached hydrogens (primary N) is 1. The van der Waals surface area contributed by atoms with Gasteiger partial charge >= 0.3 is 5.97 Å². The third kappa shape index (κ3) is 4.08. The lowest BCUT2D eigenvalue weighted by molar-refractivity contribution is -0.137. The molecule has 0 unspecified atom stereocenters. The molecular formula is C21H25ClFNO2. The second-order valence-corrected chi connectivity index (χ2v) is 7.22. The minimum absolute atomic E-state index is 0. The highest BCUT2D eigenvalue weighted by Crippen LogP contribution is 2.46. The van der Waals surface area contributed by atoms with Crippen molar-refractivity contribution in [3.05, 3.63) is 57.9 Å². The first-order chi connectivity index (χ1) is 11.8. The van der Waals surface area contributed by atoms with Crippen molar-refractivity contribution in [3.8, 4) is 11.1 Å². The topological polar surface area (TPSA) is 63.3 Å². The molecule has 26 heavy (non-hydrogen) atoms.